The third-order valence-corrected chi connectivity index (χ3v) is 3.34. The summed E-state index contributed by atoms with van der Waals surface area (Å²) in [6.45, 7) is 3.02. The van der Waals surface area contributed by atoms with Gasteiger partial charge < -0.3 is 5.32 Å². The van der Waals surface area contributed by atoms with Gasteiger partial charge in [0.1, 0.15) is 6.33 Å². The first-order valence-corrected chi connectivity index (χ1v) is 6.80. The molecule has 0 fully saturated rings. The molecule has 0 saturated carbocycles. The fraction of sp³-hybridized carbons (Fsp3) is 0.267. The molecule has 102 valence electrons. The molecule has 2 heterocycles. The van der Waals surface area contributed by atoms with Gasteiger partial charge in [-0.25, -0.2) is 0 Å². The second-order valence-corrected chi connectivity index (χ2v) is 4.66. The summed E-state index contributed by atoms with van der Waals surface area (Å²) in [4.78, 5) is 4.46. The zero-order chi connectivity index (χ0) is 13.8. The van der Waals surface area contributed by atoms with Crippen molar-refractivity contribution in [2.45, 2.75) is 19.4 Å². The Kier molecular flexibility index (Phi) is 3.69. The van der Waals surface area contributed by atoms with Crippen molar-refractivity contribution in [3.05, 3.63) is 60.3 Å². The van der Waals surface area contributed by atoms with E-state index >= 15 is 0 Å². The predicted octanol–water partition coefficient (Wildman–Crippen LogP) is 2.02. The Balaban J connectivity index is 1.92. The van der Waals surface area contributed by atoms with Crippen LogP contribution in [0.1, 0.15) is 24.2 Å². The molecule has 20 heavy (non-hydrogen) atoms. The Hall–Kier alpha value is -2.27. The van der Waals surface area contributed by atoms with E-state index in [0.29, 0.717) is 0 Å². The average molecular weight is 267 g/mol. The molecule has 1 atom stereocenters. The lowest BCUT2D eigenvalue weighted by atomic mass is 10.0. The summed E-state index contributed by atoms with van der Waals surface area (Å²) in [5, 5.41) is 11.6. The standard InChI is InChI=1S/C15H17N5/c1-2-16-13(12-6-4-3-5-7-12)10-14-15-19-18-11-20(15)9-8-17-14/h3-9,11,13,16H,2,10H2,1H3. The van der Waals surface area contributed by atoms with E-state index < -0.39 is 0 Å². The molecule has 5 nitrogen and oxygen atoms in total. The van der Waals surface area contributed by atoms with Crippen LogP contribution in [-0.4, -0.2) is 26.1 Å². The van der Waals surface area contributed by atoms with Crippen LogP contribution >= 0.6 is 0 Å². The molecule has 1 aromatic carbocycles. The number of aromatic nitrogens is 4. The van der Waals surface area contributed by atoms with E-state index in [1.54, 1.807) is 12.5 Å². The first-order chi connectivity index (χ1) is 9.88. The SMILES string of the molecule is CCNC(Cc1nccn2cnnc12)c1ccccc1. The summed E-state index contributed by atoms with van der Waals surface area (Å²) < 4.78 is 1.90. The lowest BCUT2D eigenvalue weighted by Gasteiger charge is -2.18. The van der Waals surface area contributed by atoms with Crippen molar-refractivity contribution in [2.75, 3.05) is 6.54 Å². The van der Waals surface area contributed by atoms with Crippen molar-refractivity contribution < 1.29 is 0 Å². The minimum absolute atomic E-state index is 0.233. The summed E-state index contributed by atoms with van der Waals surface area (Å²) in [5.74, 6) is 0. The molecule has 2 aromatic heterocycles. The highest BCUT2D eigenvalue weighted by atomic mass is 15.2. The highest BCUT2D eigenvalue weighted by molar-refractivity contribution is 5.42. The van der Waals surface area contributed by atoms with Crippen molar-refractivity contribution in [3.63, 3.8) is 0 Å². The predicted molar refractivity (Wildman–Crippen MR) is 77.3 cm³/mol. The molecule has 0 aliphatic heterocycles. The van der Waals surface area contributed by atoms with Crippen LogP contribution in [0.15, 0.2) is 49.1 Å². The van der Waals surface area contributed by atoms with Crippen molar-refractivity contribution in [2.24, 2.45) is 0 Å². The zero-order valence-electron chi connectivity index (χ0n) is 11.4. The Morgan fingerprint density at radius 1 is 1.25 bits per heavy atom. The number of fused-ring (bicyclic) bond motifs is 1. The Bertz CT molecular complexity index is 677. The van der Waals surface area contributed by atoms with E-state index in [-0.39, 0.29) is 6.04 Å². The fourth-order valence-corrected chi connectivity index (χ4v) is 2.39. The van der Waals surface area contributed by atoms with Crippen LogP contribution in [-0.2, 0) is 6.42 Å². The number of nitrogens with one attached hydrogen (secondary N) is 1. The van der Waals surface area contributed by atoms with E-state index in [1.165, 1.54) is 5.56 Å². The number of nitrogens with zero attached hydrogens (tertiary/aromatic N) is 4. The van der Waals surface area contributed by atoms with Crippen LogP contribution in [0.3, 0.4) is 0 Å². The van der Waals surface area contributed by atoms with Gasteiger partial charge in [-0.3, -0.25) is 9.38 Å². The molecule has 1 unspecified atom stereocenters. The van der Waals surface area contributed by atoms with Gasteiger partial charge >= 0.3 is 0 Å². The van der Waals surface area contributed by atoms with Gasteiger partial charge in [-0.2, -0.15) is 0 Å². The van der Waals surface area contributed by atoms with Gasteiger partial charge in [0.05, 0.1) is 5.69 Å². The van der Waals surface area contributed by atoms with Crippen LogP contribution in [0.25, 0.3) is 5.65 Å². The Labute approximate surface area is 117 Å². The molecule has 0 amide bonds. The minimum atomic E-state index is 0.233. The second kappa shape index (κ2) is 5.79. The van der Waals surface area contributed by atoms with Crippen molar-refractivity contribution in [3.8, 4) is 0 Å². The molecular formula is C15H17N5. The lowest BCUT2D eigenvalue weighted by Crippen LogP contribution is -2.23. The molecule has 0 saturated heterocycles. The molecular weight excluding hydrogens is 250 g/mol. The molecule has 3 rings (SSSR count). The van der Waals surface area contributed by atoms with Gasteiger partial charge in [0.25, 0.3) is 0 Å². The first kappa shape index (κ1) is 12.7. The maximum Gasteiger partial charge on any atom is 0.182 e. The quantitative estimate of drug-likeness (QED) is 0.768. The molecule has 0 radical (unpaired) electrons. The Morgan fingerprint density at radius 3 is 2.90 bits per heavy atom. The number of benzene rings is 1. The zero-order valence-corrected chi connectivity index (χ0v) is 11.4. The van der Waals surface area contributed by atoms with E-state index in [2.05, 4.69) is 51.7 Å². The maximum absolute atomic E-state index is 4.46. The molecule has 0 spiro atoms. The van der Waals surface area contributed by atoms with Gasteiger partial charge in [-0.1, -0.05) is 37.3 Å². The molecule has 1 N–H and O–H groups in total. The topological polar surface area (TPSA) is 55.1 Å². The van der Waals surface area contributed by atoms with Gasteiger partial charge in [-0.05, 0) is 12.1 Å². The third-order valence-electron chi connectivity index (χ3n) is 3.34. The monoisotopic (exact) mass is 267 g/mol. The number of hydrogen-bond acceptors (Lipinski definition) is 4. The van der Waals surface area contributed by atoms with Crippen LogP contribution in [0.5, 0.6) is 0 Å². The average Bonchev–Trinajstić information content (AvgIpc) is 2.97. The van der Waals surface area contributed by atoms with Gasteiger partial charge in [0.15, 0.2) is 5.65 Å². The third kappa shape index (κ3) is 2.53. The molecule has 5 heteroatoms. The Morgan fingerprint density at radius 2 is 2.10 bits per heavy atom. The van der Waals surface area contributed by atoms with Gasteiger partial charge in [0, 0.05) is 24.9 Å². The lowest BCUT2D eigenvalue weighted by molar-refractivity contribution is 0.544. The summed E-state index contributed by atoms with van der Waals surface area (Å²) >= 11 is 0. The minimum Gasteiger partial charge on any atom is -0.310 e. The van der Waals surface area contributed by atoms with Crippen LogP contribution < -0.4 is 5.32 Å². The largest absolute Gasteiger partial charge is 0.310 e. The first-order valence-electron chi connectivity index (χ1n) is 6.80. The fourth-order valence-electron chi connectivity index (χ4n) is 2.39. The van der Waals surface area contributed by atoms with Crippen molar-refractivity contribution in [1.29, 1.82) is 0 Å². The van der Waals surface area contributed by atoms with Crippen molar-refractivity contribution >= 4 is 5.65 Å². The van der Waals surface area contributed by atoms with Crippen LogP contribution in [0, 0.1) is 0 Å². The molecule has 0 aliphatic carbocycles. The summed E-state index contributed by atoms with van der Waals surface area (Å²) in [7, 11) is 0. The van der Waals surface area contributed by atoms with Crippen molar-refractivity contribution in [1.82, 2.24) is 24.9 Å². The normalized spacial score (nSPS) is 12.7. The highest BCUT2D eigenvalue weighted by Crippen LogP contribution is 2.18. The van der Waals surface area contributed by atoms with Crippen LogP contribution in [0.2, 0.25) is 0 Å². The molecule has 0 aliphatic rings. The smallest absolute Gasteiger partial charge is 0.182 e. The second-order valence-electron chi connectivity index (χ2n) is 4.66. The summed E-state index contributed by atoms with van der Waals surface area (Å²) in [6, 6.07) is 10.7. The molecule has 0 bridgehead atoms. The maximum atomic E-state index is 4.46. The summed E-state index contributed by atoms with van der Waals surface area (Å²) in [6.07, 6.45) is 6.15. The van der Waals surface area contributed by atoms with E-state index in [0.717, 1.165) is 24.3 Å². The van der Waals surface area contributed by atoms with Crippen LogP contribution in [0.4, 0.5) is 0 Å². The number of rotatable bonds is 5. The van der Waals surface area contributed by atoms with Gasteiger partial charge in [-0.15, -0.1) is 10.2 Å². The number of likely N-dealkylation sites (N-methyl/N-ethyl adjacent to an activating group) is 1. The molecule has 3 aromatic rings. The van der Waals surface area contributed by atoms with E-state index in [9.17, 15) is 0 Å². The summed E-state index contributed by atoms with van der Waals surface area (Å²) in [5.41, 5.74) is 3.05. The van der Waals surface area contributed by atoms with E-state index in [4.69, 9.17) is 0 Å². The van der Waals surface area contributed by atoms with E-state index in [1.807, 2.05) is 16.7 Å². The van der Waals surface area contributed by atoms with Gasteiger partial charge in [0.2, 0.25) is 0 Å². The highest BCUT2D eigenvalue weighted by Gasteiger charge is 2.14. The number of hydrogen-bond donors (Lipinski definition) is 1.